The molecule has 2 aromatic carbocycles. The van der Waals surface area contributed by atoms with Gasteiger partial charge in [0.15, 0.2) is 0 Å². The molecule has 3 atom stereocenters. The van der Waals surface area contributed by atoms with E-state index in [1.54, 1.807) is 7.11 Å². The number of rotatable bonds is 5. The van der Waals surface area contributed by atoms with Crippen LogP contribution in [0.15, 0.2) is 67.0 Å². The highest BCUT2D eigenvalue weighted by Gasteiger charge is 2.24. The number of para-hydroxylation sites is 1. The van der Waals surface area contributed by atoms with E-state index in [0.717, 1.165) is 58.3 Å². The van der Waals surface area contributed by atoms with Gasteiger partial charge in [-0.1, -0.05) is 30.3 Å². The van der Waals surface area contributed by atoms with Crippen LogP contribution in [0.25, 0.3) is 33.3 Å². The van der Waals surface area contributed by atoms with E-state index in [1.165, 1.54) is 5.56 Å². The monoisotopic (exact) mass is 463 g/mol. The lowest BCUT2D eigenvalue weighted by Gasteiger charge is -2.32. The summed E-state index contributed by atoms with van der Waals surface area (Å²) in [5.41, 5.74) is 6.47. The third kappa shape index (κ3) is 4.76. The Bertz CT molecular complexity index is 1360. The van der Waals surface area contributed by atoms with Gasteiger partial charge in [-0.05, 0) is 74.4 Å². The molecule has 0 bridgehead atoms. The van der Waals surface area contributed by atoms with E-state index in [-0.39, 0.29) is 0 Å². The minimum absolute atomic E-state index is 0.318. The summed E-state index contributed by atoms with van der Waals surface area (Å²) in [5, 5.41) is 10.0. The second kappa shape index (κ2) is 9.85. The normalized spacial score (nSPS) is 19.9. The molecule has 35 heavy (non-hydrogen) atoms. The van der Waals surface area contributed by atoms with Crippen molar-refractivity contribution in [1.29, 1.82) is 5.26 Å². The minimum atomic E-state index is 0.318. The predicted octanol–water partition coefficient (Wildman–Crippen LogP) is 6.59. The molecule has 0 spiro atoms. The van der Waals surface area contributed by atoms with Gasteiger partial charge < -0.3 is 9.47 Å². The molecule has 2 unspecified atom stereocenters. The molecule has 3 heterocycles. The Morgan fingerprint density at radius 1 is 0.943 bits per heavy atom. The molecule has 176 valence electrons. The van der Waals surface area contributed by atoms with Crippen LogP contribution in [-0.4, -0.2) is 29.3 Å². The van der Waals surface area contributed by atoms with Crippen molar-refractivity contribution in [3.05, 3.63) is 78.1 Å². The summed E-state index contributed by atoms with van der Waals surface area (Å²) in [7, 11) is 1.69. The van der Waals surface area contributed by atoms with Crippen molar-refractivity contribution in [2.45, 2.75) is 45.3 Å². The third-order valence-electron chi connectivity index (χ3n) is 6.80. The van der Waals surface area contributed by atoms with Crippen molar-refractivity contribution in [3.8, 4) is 34.2 Å². The second-order valence-corrected chi connectivity index (χ2v) is 9.45. The number of benzene rings is 2. The van der Waals surface area contributed by atoms with Gasteiger partial charge in [0.05, 0.1) is 47.7 Å². The van der Waals surface area contributed by atoms with E-state index >= 15 is 0 Å². The third-order valence-corrected chi connectivity index (χ3v) is 6.80. The highest BCUT2D eigenvalue weighted by molar-refractivity contribution is 6.00. The average Bonchev–Trinajstić information content (AvgIpc) is 2.87. The SMILES string of the molecule is COc1c(-c2ccc(CC3CC(C)O[C@H](C)C3)cn2)cnc2c(-c3ccc(C#N)cc3)cccc12. The summed E-state index contributed by atoms with van der Waals surface area (Å²) in [6, 6.07) is 20.0. The standard InChI is InChI=1S/C30H29N3O2/c1-19-13-23(14-20(2)35-19)15-22-9-12-28(32-17-22)27-18-33-29-25(5-4-6-26(29)30(27)34-3)24-10-7-21(16-31)8-11-24/h4-12,17-20,23H,13-15H2,1-3H3/t19-,20?,23?/m1/s1. The average molecular weight is 464 g/mol. The van der Waals surface area contributed by atoms with E-state index in [9.17, 15) is 0 Å². The van der Waals surface area contributed by atoms with E-state index in [1.807, 2.05) is 54.9 Å². The maximum atomic E-state index is 9.11. The zero-order chi connectivity index (χ0) is 24.4. The number of aromatic nitrogens is 2. The van der Waals surface area contributed by atoms with Gasteiger partial charge in [0.1, 0.15) is 5.75 Å². The van der Waals surface area contributed by atoms with Gasteiger partial charge in [-0.25, -0.2) is 0 Å². The molecule has 5 nitrogen and oxygen atoms in total. The number of hydrogen-bond acceptors (Lipinski definition) is 5. The molecule has 0 N–H and O–H groups in total. The van der Waals surface area contributed by atoms with Crippen molar-refractivity contribution in [1.82, 2.24) is 9.97 Å². The highest BCUT2D eigenvalue weighted by atomic mass is 16.5. The largest absolute Gasteiger partial charge is 0.495 e. The fourth-order valence-electron chi connectivity index (χ4n) is 5.31. The quantitative estimate of drug-likeness (QED) is 0.334. The molecule has 4 aromatic rings. The summed E-state index contributed by atoms with van der Waals surface area (Å²) in [6.45, 7) is 4.32. The van der Waals surface area contributed by atoms with Crippen LogP contribution in [0.4, 0.5) is 0 Å². The number of fused-ring (bicyclic) bond motifs is 1. The van der Waals surface area contributed by atoms with E-state index in [4.69, 9.17) is 24.7 Å². The van der Waals surface area contributed by atoms with Crippen LogP contribution in [0, 0.1) is 17.2 Å². The van der Waals surface area contributed by atoms with Crippen LogP contribution in [0.5, 0.6) is 5.75 Å². The van der Waals surface area contributed by atoms with Crippen LogP contribution in [0.2, 0.25) is 0 Å². The molecule has 2 aromatic heterocycles. The van der Waals surface area contributed by atoms with Crippen molar-refractivity contribution in [2.75, 3.05) is 7.11 Å². The van der Waals surface area contributed by atoms with Crippen LogP contribution in [0.3, 0.4) is 0 Å². The van der Waals surface area contributed by atoms with Gasteiger partial charge in [-0.3, -0.25) is 9.97 Å². The first kappa shape index (κ1) is 23.0. The Morgan fingerprint density at radius 2 is 1.71 bits per heavy atom. The molecule has 1 aliphatic rings. The molecular formula is C30H29N3O2. The molecule has 0 amide bonds. The van der Waals surface area contributed by atoms with Gasteiger partial charge in [-0.2, -0.15) is 5.26 Å². The smallest absolute Gasteiger partial charge is 0.139 e. The van der Waals surface area contributed by atoms with Gasteiger partial charge in [0, 0.05) is 23.3 Å². The zero-order valence-corrected chi connectivity index (χ0v) is 20.4. The van der Waals surface area contributed by atoms with Crippen molar-refractivity contribution >= 4 is 10.9 Å². The predicted molar refractivity (Wildman–Crippen MR) is 138 cm³/mol. The Kier molecular flexibility index (Phi) is 6.48. The molecule has 1 aliphatic heterocycles. The lowest BCUT2D eigenvalue weighted by atomic mass is 9.87. The first-order valence-corrected chi connectivity index (χ1v) is 12.1. The van der Waals surface area contributed by atoms with Crippen LogP contribution in [-0.2, 0) is 11.2 Å². The Balaban J connectivity index is 1.46. The number of nitriles is 1. The van der Waals surface area contributed by atoms with Gasteiger partial charge >= 0.3 is 0 Å². The van der Waals surface area contributed by atoms with Gasteiger partial charge in [-0.15, -0.1) is 0 Å². The van der Waals surface area contributed by atoms with Crippen LogP contribution < -0.4 is 4.74 Å². The topological polar surface area (TPSA) is 68.0 Å². The summed E-state index contributed by atoms with van der Waals surface area (Å²) < 4.78 is 11.8. The molecule has 5 heteroatoms. The summed E-state index contributed by atoms with van der Waals surface area (Å²) in [5.74, 6) is 1.39. The maximum Gasteiger partial charge on any atom is 0.139 e. The molecule has 0 radical (unpaired) electrons. The van der Waals surface area contributed by atoms with Crippen molar-refractivity contribution < 1.29 is 9.47 Å². The summed E-state index contributed by atoms with van der Waals surface area (Å²) >= 11 is 0. The molecule has 0 saturated carbocycles. The van der Waals surface area contributed by atoms with Crippen LogP contribution >= 0.6 is 0 Å². The number of ether oxygens (including phenoxy) is 2. The number of nitrogens with zero attached hydrogens (tertiary/aromatic N) is 3. The number of pyridine rings is 2. The Labute approximate surface area is 206 Å². The van der Waals surface area contributed by atoms with Gasteiger partial charge in [0.2, 0.25) is 0 Å². The van der Waals surface area contributed by atoms with Crippen molar-refractivity contribution in [2.24, 2.45) is 5.92 Å². The molecule has 0 aliphatic carbocycles. The molecule has 1 fully saturated rings. The molecule has 1 saturated heterocycles. The fourth-order valence-corrected chi connectivity index (χ4v) is 5.31. The number of hydrogen-bond donors (Lipinski definition) is 0. The molecule has 5 rings (SSSR count). The van der Waals surface area contributed by atoms with E-state index in [2.05, 4.69) is 32.0 Å². The minimum Gasteiger partial charge on any atom is -0.495 e. The summed E-state index contributed by atoms with van der Waals surface area (Å²) in [4.78, 5) is 9.60. The fraction of sp³-hybridized carbons (Fsp3) is 0.300. The van der Waals surface area contributed by atoms with E-state index in [0.29, 0.717) is 23.7 Å². The highest BCUT2D eigenvalue weighted by Crippen LogP contribution is 2.38. The number of methoxy groups -OCH3 is 1. The first-order chi connectivity index (χ1) is 17.1. The maximum absolute atomic E-state index is 9.11. The first-order valence-electron chi connectivity index (χ1n) is 12.1. The van der Waals surface area contributed by atoms with Gasteiger partial charge in [0.25, 0.3) is 0 Å². The van der Waals surface area contributed by atoms with E-state index < -0.39 is 0 Å². The lowest BCUT2D eigenvalue weighted by molar-refractivity contribution is -0.0518. The Hall–Kier alpha value is -3.75. The molecular weight excluding hydrogens is 434 g/mol. The Morgan fingerprint density at radius 3 is 2.37 bits per heavy atom. The summed E-state index contributed by atoms with van der Waals surface area (Å²) in [6.07, 6.45) is 7.67. The van der Waals surface area contributed by atoms with Crippen molar-refractivity contribution in [3.63, 3.8) is 0 Å². The van der Waals surface area contributed by atoms with Crippen LogP contribution in [0.1, 0.15) is 37.8 Å². The zero-order valence-electron chi connectivity index (χ0n) is 20.4. The lowest BCUT2D eigenvalue weighted by Crippen LogP contribution is -2.30. The second-order valence-electron chi connectivity index (χ2n) is 9.45.